The summed E-state index contributed by atoms with van der Waals surface area (Å²) < 4.78 is 30.9. The average Bonchev–Trinajstić information content (AvgIpc) is 3.24. The summed E-state index contributed by atoms with van der Waals surface area (Å²) in [6, 6.07) is 6.63. The number of fused-ring (bicyclic) bond motifs is 1. The number of likely N-dealkylation sites (tertiary alicyclic amines) is 1. The van der Waals surface area contributed by atoms with E-state index in [9.17, 15) is 18.4 Å². The fraction of sp³-hybridized carbons (Fsp3) is 0.400. The van der Waals surface area contributed by atoms with E-state index in [2.05, 4.69) is 20.5 Å². The van der Waals surface area contributed by atoms with Crippen molar-refractivity contribution < 1.29 is 13.6 Å². The standard InChI is InChI=1S/C25H25F2N5O2S/c26-17-8-21-20(30-22(33)13-35-21)7-14(17)9-28-16-3-5-31(6-4-16)11-15-12-32-23(34)2-1-19-25(32)24(15)18(27)10-29-19/h1-2,7-8,10,15-16,28H,3-6,9,11-13H2,(H,30,33)/t15-/m1/s1. The van der Waals surface area contributed by atoms with Crippen molar-refractivity contribution in [2.45, 2.75) is 42.8 Å². The van der Waals surface area contributed by atoms with Gasteiger partial charge in [-0.25, -0.2) is 8.78 Å². The second-order valence-electron chi connectivity index (χ2n) is 9.47. The van der Waals surface area contributed by atoms with Crippen LogP contribution in [0.5, 0.6) is 0 Å². The lowest BCUT2D eigenvalue weighted by Gasteiger charge is -2.34. The molecule has 7 nitrogen and oxygen atoms in total. The number of carbonyl (C=O) groups excluding carboxylic acids is 1. The zero-order chi connectivity index (χ0) is 24.1. The SMILES string of the molecule is O=C1CSc2cc(F)c(CNC3CCN(C[C@@H]4Cn5c(=O)ccc6ncc(F)c4c65)CC3)cc2N1. The number of anilines is 1. The minimum atomic E-state index is -0.349. The first-order valence-corrected chi connectivity index (χ1v) is 12.8. The number of aromatic nitrogens is 2. The molecule has 1 fully saturated rings. The Bertz CT molecular complexity index is 1390. The highest BCUT2D eigenvalue weighted by Gasteiger charge is 2.31. The predicted molar refractivity (Wildman–Crippen MR) is 131 cm³/mol. The normalized spacial score (nSPS) is 20.3. The number of thioether (sulfide) groups is 1. The summed E-state index contributed by atoms with van der Waals surface area (Å²) in [5.74, 6) is -0.456. The van der Waals surface area contributed by atoms with E-state index in [4.69, 9.17) is 0 Å². The molecule has 3 aromatic rings. The topological polar surface area (TPSA) is 79.3 Å². The van der Waals surface area contributed by atoms with Crippen molar-refractivity contribution in [3.8, 4) is 0 Å². The van der Waals surface area contributed by atoms with E-state index < -0.39 is 0 Å². The van der Waals surface area contributed by atoms with Crippen LogP contribution in [0.4, 0.5) is 14.5 Å². The number of pyridine rings is 2. The number of hydrogen-bond donors (Lipinski definition) is 2. The molecular formula is C25H25F2N5O2S. The van der Waals surface area contributed by atoms with Gasteiger partial charge in [0.25, 0.3) is 5.56 Å². The molecule has 3 aliphatic heterocycles. The van der Waals surface area contributed by atoms with Crippen LogP contribution in [0, 0.1) is 11.6 Å². The van der Waals surface area contributed by atoms with Crippen LogP contribution in [0.2, 0.25) is 0 Å². The molecule has 0 radical (unpaired) electrons. The Morgan fingerprint density at radius 2 is 1.97 bits per heavy atom. The number of nitrogens with one attached hydrogen (secondary N) is 2. The van der Waals surface area contributed by atoms with Crippen molar-refractivity contribution in [1.82, 2.24) is 19.8 Å². The highest BCUT2D eigenvalue weighted by molar-refractivity contribution is 8.00. The Kier molecular flexibility index (Phi) is 5.82. The van der Waals surface area contributed by atoms with Gasteiger partial charge >= 0.3 is 0 Å². The van der Waals surface area contributed by atoms with E-state index in [1.165, 1.54) is 30.1 Å². The van der Waals surface area contributed by atoms with Crippen molar-refractivity contribution in [2.75, 3.05) is 30.7 Å². The molecule has 1 atom stereocenters. The van der Waals surface area contributed by atoms with Gasteiger partial charge in [0, 0.05) is 53.7 Å². The lowest BCUT2D eigenvalue weighted by atomic mass is 9.98. The molecule has 2 N–H and O–H groups in total. The molecule has 35 heavy (non-hydrogen) atoms. The molecule has 0 bridgehead atoms. The molecule has 5 heterocycles. The van der Waals surface area contributed by atoms with Crippen LogP contribution < -0.4 is 16.2 Å². The molecule has 0 aliphatic carbocycles. The number of benzene rings is 1. The van der Waals surface area contributed by atoms with Gasteiger partial charge in [-0.1, -0.05) is 0 Å². The number of piperidine rings is 1. The molecular weight excluding hydrogens is 472 g/mol. The van der Waals surface area contributed by atoms with Crippen LogP contribution >= 0.6 is 11.8 Å². The van der Waals surface area contributed by atoms with E-state index in [-0.39, 0.29) is 35.1 Å². The second-order valence-corrected chi connectivity index (χ2v) is 10.5. The van der Waals surface area contributed by atoms with Gasteiger partial charge in [0.2, 0.25) is 5.91 Å². The van der Waals surface area contributed by atoms with Gasteiger partial charge < -0.3 is 20.1 Å². The summed E-state index contributed by atoms with van der Waals surface area (Å²) in [4.78, 5) is 31.2. The van der Waals surface area contributed by atoms with Crippen molar-refractivity contribution in [1.29, 1.82) is 0 Å². The predicted octanol–water partition coefficient (Wildman–Crippen LogP) is 3.07. The fourth-order valence-electron chi connectivity index (χ4n) is 5.46. The molecule has 1 amide bonds. The Hall–Kier alpha value is -2.82. The van der Waals surface area contributed by atoms with Gasteiger partial charge in [-0.3, -0.25) is 14.6 Å². The highest BCUT2D eigenvalue weighted by atomic mass is 32.2. The largest absolute Gasteiger partial charge is 0.324 e. The van der Waals surface area contributed by atoms with Gasteiger partial charge in [0.1, 0.15) is 11.6 Å². The van der Waals surface area contributed by atoms with Crippen LogP contribution in [-0.2, 0) is 17.9 Å². The summed E-state index contributed by atoms with van der Waals surface area (Å²) in [6.45, 7) is 3.23. The number of nitrogens with zero attached hydrogens (tertiary/aromatic N) is 3. The molecule has 182 valence electrons. The van der Waals surface area contributed by atoms with E-state index in [1.807, 2.05) is 0 Å². The van der Waals surface area contributed by atoms with Crippen molar-refractivity contribution in [3.63, 3.8) is 0 Å². The zero-order valence-electron chi connectivity index (χ0n) is 19.0. The summed E-state index contributed by atoms with van der Waals surface area (Å²) >= 11 is 1.35. The Morgan fingerprint density at radius 1 is 1.14 bits per heavy atom. The lowest BCUT2D eigenvalue weighted by Crippen LogP contribution is -2.43. The maximum Gasteiger partial charge on any atom is 0.251 e. The lowest BCUT2D eigenvalue weighted by molar-refractivity contribution is -0.113. The van der Waals surface area contributed by atoms with Gasteiger partial charge in [0.05, 0.1) is 28.7 Å². The monoisotopic (exact) mass is 497 g/mol. The Balaban J connectivity index is 1.07. The Labute approximate surface area is 204 Å². The van der Waals surface area contributed by atoms with Gasteiger partial charge in [-0.15, -0.1) is 11.8 Å². The molecule has 6 rings (SSSR count). The Morgan fingerprint density at radius 3 is 2.80 bits per heavy atom. The molecule has 1 saturated heterocycles. The first kappa shape index (κ1) is 22.6. The molecule has 2 aromatic heterocycles. The van der Waals surface area contributed by atoms with Crippen LogP contribution in [-0.4, -0.2) is 51.8 Å². The fourth-order valence-corrected chi connectivity index (χ4v) is 6.27. The first-order valence-electron chi connectivity index (χ1n) is 11.8. The maximum atomic E-state index is 14.7. The van der Waals surface area contributed by atoms with E-state index >= 15 is 0 Å². The third-order valence-corrected chi connectivity index (χ3v) is 8.29. The second kappa shape index (κ2) is 9.00. The number of hydrogen-bond acceptors (Lipinski definition) is 6. The molecule has 0 spiro atoms. The summed E-state index contributed by atoms with van der Waals surface area (Å²) in [6.07, 6.45) is 3.05. The number of amides is 1. The van der Waals surface area contributed by atoms with E-state index in [1.54, 1.807) is 16.7 Å². The van der Waals surface area contributed by atoms with Gasteiger partial charge in [-0.2, -0.15) is 0 Å². The summed E-state index contributed by atoms with van der Waals surface area (Å²) in [5.41, 5.74) is 2.97. The third kappa shape index (κ3) is 4.23. The van der Waals surface area contributed by atoms with E-state index in [0.29, 0.717) is 53.2 Å². The van der Waals surface area contributed by atoms with Crippen LogP contribution in [0.1, 0.15) is 29.9 Å². The van der Waals surface area contributed by atoms with Gasteiger partial charge in [0.15, 0.2) is 0 Å². The highest BCUT2D eigenvalue weighted by Crippen LogP contribution is 2.35. The van der Waals surface area contributed by atoms with Crippen molar-refractivity contribution >= 4 is 34.4 Å². The minimum absolute atomic E-state index is 0.0667. The zero-order valence-corrected chi connectivity index (χ0v) is 19.8. The minimum Gasteiger partial charge on any atom is -0.324 e. The van der Waals surface area contributed by atoms with Crippen molar-refractivity contribution in [3.05, 3.63) is 63.6 Å². The van der Waals surface area contributed by atoms with Crippen LogP contribution in [0.3, 0.4) is 0 Å². The number of carbonyl (C=O) groups is 1. The molecule has 0 unspecified atom stereocenters. The summed E-state index contributed by atoms with van der Waals surface area (Å²) in [5, 5.41) is 6.27. The average molecular weight is 498 g/mol. The van der Waals surface area contributed by atoms with Crippen molar-refractivity contribution in [2.24, 2.45) is 0 Å². The quantitative estimate of drug-likeness (QED) is 0.564. The van der Waals surface area contributed by atoms with E-state index in [0.717, 1.165) is 30.8 Å². The number of rotatable bonds is 5. The molecule has 0 saturated carbocycles. The van der Waals surface area contributed by atoms with Crippen LogP contribution in [0.15, 0.2) is 40.2 Å². The summed E-state index contributed by atoms with van der Waals surface area (Å²) in [7, 11) is 0. The molecule has 3 aliphatic rings. The smallest absolute Gasteiger partial charge is 0.251 e. The maximum absolute atomic E-state index is 14.7. The third-order valence-electron chi connectivity index (χ3n) is 7.23. The number of halogens is 2. The first-order chi connectivity index (χ1) is 17.0. The molecule has 1 aromatic carbocycles. The van der Waals surface area contributed by atoms with Gasteiger partial charge in [-0.05, 0) is 44.1 Å². The molecule has 10 heteroatoms. The van der Waals surface area contributed by atoms with Crippen LogP contribution in [0.25, 0.3) is 11.0 Å².